The second kappa shape index (κ2) is 5.28. The van der Waals surface area contributed by atoms with Crippen LogP contribution in [0, 0.1) is 5.92 Å². The standard InChI is InChI=1S/C12H24N2O/c1-10-12(5-8-15-10)14(2)7-4-11-3-6-13-9-11/h10-13H,3-9H2,1-2H3. The van der Waals surface area contributed by atoms with Crippen LogP contribution in [-0.4, -0.2) is 50.3 Å². The Morgan fingerprint density at radius 2 is 2.27 bits per heavy atom. The molecule has 15 heavy (non-hydrogen) atoms. The van der Waals surface area contributed by atoms with Gasteiger partial charge in [-0.2, -0.15) is 0 Å². The van der Waals surface area contributed by atoms with Crippen LogP contribution < -0.4 is 5.32 Å². The minimum Gasteiger partial charge on any atom is -0.377 e. The van der Waals surface area contributed by atoms with E-state index in [0.29, 0.717) is 12.1 Å². The fraction of sp³-hybridized carbons (Fsp3) is 1.00. The summed E-state index contributed by atoms with van der Waals surface area (Å²) >= 11 is 0. The van der Waals surface area contributed by atoms with Gasteiger partial charge in [-0.15, -0.1) is 0 Å². The molecule has 2 heterocycles. The van der Waals surface area contributed by atoms with Crippen molar-refractivity contribution in [2.75, 3.05) is 33.3 Å². The summed E-state index contributed by atoms with van der Waals surface area (Å²) in [6.45, 7) is 6.82. The van der Waals surface area contributed by atoms with E-state index in [1.807, 2.05) is 0 Å². The van der Waals surface area contributed by atoms with Gasteiger partial charge >= 0.3 is 0 Å². The Morgan fingerprint density at radius 1 is 1.40 bits per heavy atom. The molecule has 0 amide bonds. The average Bonchev–Trinajstić information content (AvgIpc) is 2.84. The zero-order valence-corrected chi connectivity index (χ0v) is 10.0. The number of nitrogens with zero attached hydrogens (tertiary/aromatic N) is 1. The van der Waals surface area contributed by atoms with Gasteiger partial charge in [0.15, 0.2) is 0 Å². The van der Waals surface area contributed by atoms with Gasteiger partial charge in [0.2, 0.25) is 0 Å². The predicted octanol–water partition coefficient (Wildman–Crippen LogP) is 1.10. The first-order valence-electron chi connectivity index (χ1n) is 6.30. The molecular weight excluding hydrogens is 188 g/mol. The minimum absolute atomic E-state index is 0.428. The van der Waals surface area contributed by atoms with Crippen LogP contribution in [0.15, 0.2) is 0 Å². The van der Waals surface area contributed by atoms with Crippen molar-refractivity contribution < 1.29 is 4.74 Å². The van der Waals surface area contributed by atoms with Gasteiger partial charge in [0.25, 0.3) is 0 Å². The van der Waals surface area contributed by atoms with Crippen molar-refractivity contribution in [3.05, 3.63) is 0 Å². The lowest BCUT2D eigenvalue weighted by Gasteiger charge is -2.27. The Balaban J connectivity index is 1.69. The normalized spacial score (nSPS) is 36.6. The van der Waals surface area contributed by atoms with Gasteiger partial charge in [-0.3, -0.25) is 0 Å². The van der Waals surface area contributed by atoms with Crippen molar-refractivity contribution in [1.29, 1.82) is 0 Å². The van der Waals surface area contributed by atoms with Crippen LogP contribution in [0.1, 0.15) is 26.2 Å². The minimum atomic E-state index is 0.428. The molecule has 0 spiro atoms. The Kier molecular flexibility index (Phi) is 4.00. The second-order valence-electron chi connectivity index (χ2n) is 5.06. The lowest BCUT2D eigenvalue weighted by molar-refractivity contribution is 0.0820. The molecule has 0 aliphatic carbocycles. The predicted molar refractivity (Wildman–Crippen MR) is 62.0 cm³/mol. The number of rotatable bonds is 4. The lowest BCUT2D eigenvalue weighted by Crippen LogP contribution is -2.38. The molecule has 1 N–H and O–H groups in total. The molecule has 3 nitrogen and oxygen atoms in total. The molecule has 2 aliphatic heterocycles. The Morgan fingerprint density at radius 3 is 2.87 bits per heavy atom. The summed E-state index contributed by atoms with van der Waals surface area (Å²) in [5.41, 5.74) is 0. The van der Waals surface area contributed by atoms with Crippen LogP contribution in [0.2, 0.25) is 0 Å². The Labute approximate surface area is 93.2 Å². The fourth-order valence-electron chi connectivity index (χ4n) is 2.81. The van der Waals surface area contributed by atoms with Crippen molar-refractivity contribution >= 4 is 0 Å². The highest BCUT2D eigenvalue weighted by Crippen LogP contribution is 2.20. The van der Waals surface area contributed by atoms with E-state index < -0.39 is 0 Å². The van der Waals surface area contributed by atoms with Crippen molar-refractivity contribution in [1.82, 2.24) is 10.2 Å². The molecule has 2 rings (SSSR count). The molecule has 2 aliphatic rings. The van der Waals surface area contributed by atoms with Gasteiger partial charge < -0.3 is 15.0 Å². The van der Waals surface area contributed by atoms with E-state index in [1.165, 1.54) is 38.9 Å². The van der Waals surface area contributed by atoms with Gasteiger partial charge in [-0.25, -0.2) is 0 Å². The molecule has 2 saturated heterocycles. The zero-order valence-electron chi connectivity index (χ0n) is 10.0. The third-order valence-corrected chi connectivity index (χ3v) is 3.95. The third-order valence-electron chi connectivity index (χ3n) is 3.95. The molecular formula is C12H24N2O. The van der Waals surface area contributed by atoms with Crippen LogP contribution in [0.5, 0.6) is 0 Å². The highest BCUT2D eigenvalue weighted by molar-refractivity contribution is 4.81. The lowest BCUT2D eigenvalue weighted by atomic mass is 10.0. The SMILES string of the molecule is CC1OCCC1N(C)CCC1CCNC1. The monoisotopic (exact) mass is 212 g/mol. The maximum atomic E-state index is 5.60. The summed E-state index contributed by atoms with van der Waals surface area (Å²) in [6.07, 6.45) is 4.34. The smallest absolute Gasteiger partial charge is 0.0702 e. The maximum Gasteiger partial charge on any atom is 0.0702 e. The van der Waals surface area contributed by atoms with Crippen LogP contribution in [0.25, 0.3) is 0 Å². The summed E-state index contributed by atoms with van der Waals surface area (Å²) < 4.78 is 5.60. The van der Waals surface area contributed by atoms with E-state index >= 15 is 0 Å². The van der Waals surface area contributed by atoms with E-state index in [0.717, 1.165) is 12.5 Å². The van der Waals surface area contributed by atoms with Crippen LogP contribution in [0.4, 0.5) is 0 Å². The van der Waals surface area contributed by atoms with Crippen molar-refractivity contribution in [3.63, 3.8) is 0 Å². The number of hydrogen-bond donors (Lipinski definition) is 1. The summed E-state index contributed by atoms with van der Waals surface area (Å²) in [5.74, 6) is 0.907. The van der Waals surface area contributed by atoms with Crippen LogP contribution in [0.3, 0.4) is 0 Å². The summed E-state index contributed by atoms with van der Waals surface area (Å²) in [6, 6.07) is 0.652. The quantitative estimate of drug-likeness (QED) is 0.755. The first-order valence-corrected chi connectivity index (χ1v) is 6.30. The summed E-state index contributed by atoms with van der Waals surface area (Å²) in [5, 5.41) is 3.43. The Bertz CT molecular complexity index is 192. The molecule has 3 heteroatoms. The molecule has 0 saturated carbocycles. The van der Waals surface area contributed by atoms with E-state index in [4.69, 9.17) is 4.74 Å². The van der Waals surface area contributed by atoms with Gasteiger partial charge in [0, 0.05) is 12.6 Å². The van der Waals surface area contributed by atoms with Gasteiger partial charge in [0.1, 0.15) is 0 Å². The highest BCUT2D eigenvalue weighted by atomic mass is 16.5. The molecule has 0 radical (unpaired) electrons. The number of hydrogen-bond acceptors (Lipinski definition) is 3. The van der Waals surface area contributed by atoms with Crippen molar-refractivity contribution in [2.24, 2.45) is 5.92 Å². The first kappa shape index (κ1) is 11.4. The van der Waals surface area contributed by atoms with Crippen molar-refractivity contribution in [3.8, 4) is 0 Å². The van der Waals surface area contributed by atoms with Gasteiger partial charge in [0.05, 0.1) is 6.10 Å². The maximum absolute atomic E-state index is 5.60. The van der Waals surface area contributed by atoms with Crippen LogP contribution in [-0.2, 0) is 4.74 Å². The fourth-order valence-corrected chi connectivity index (χ4v) is 2.81. The third kappa shape index (κ3) is 2.92. The topological polar surface area (TPSA) is 24.5 Å². The highest BCUT2D eigenvalue weighted by Gasteiger charge is 2.28. The number of likely N-dealkylation sites (N-methyl/N-ethyl adjacent to an activating group) is 1. The largest absolute Gasteiger partial charge is 0.377 e. The summed E-state index contributed by atoms with van der Waals surface area (Å²) in [7, 11) is 2.25. The second-order valence-corrected chi connectivity index (χ2v) is 5.06. The molecule has 0 aromatic rings. The molecule has 88 valence electrons. The molecule has 0 bridgehead atoms. The van der Waals surface area contributed by atoms with E-state index in [1.54, 1.807) is 0 Å². The van der Waals surface area contributed by atoms with Gasteiger partial charge in [-0.1, -0.05) is 0 Å². The van der Waals surface area contributed by atoms with E-state index in [-0.39, 0.29) is 0 Å². The zero-order chi connectivity index (χ0) is 10.7. The van der Waals surface area contributed by atoms with Gasteiger partial charge in [-0.05, 0) is 58.8 Å². The van der Waals surface area contributed by atoms with E-state index in [2.05, 4.69) is 24.2 Å². The van der Waals surface area contributed by atoms with Crippen molar-refractivity contribution in [2.45, 2.75) is 38.3 Å². The number of ether oxygens (including phenoxy) is 1. The molecule has 3 atom stereocenters. The number of nitrogens with one attached hydrogen (secondary N) is 1. The van der Waals surface area contributed by atoms with E-state index in [9.17, 15) is 0 Å². The summed E-state index contributed by atoms with van der Waals surface area (Å²) in [4.78, 5) is 2.50. The average molecular weight is 212 g/mol. The van der Waals surface area contributed by atoms with Crippen LogP contribution >= 0.6 is 0 Å². The molecule has 0 aromatic heterocycles. The Hall–Kier alpha value is -0.120. The first-order chi connectivity index (χ1) is 7.27. The molecule has 3 unspecified atom stereocenters. The molecule has 0 aromatic carbocycles. The molecule has 2 fully saturated rings.